The number of benzene rings is 1. The first-order valence-electron chi connectivity index (χ1n) is 8.35. The molecule has 2 heterocycles. The maximum atomic E-state index is 13.4. The quantitative estimate of drug-likeness (QED) is 0.868. The fourth-order valence-electron chi connectivity index (χ4n) is 3.57. The third kappa shape index (κ3) is 3.79. The monoisotopic (exact) mass is 353 g/mol. The topological polar surface area (TPSA) is 65.2 Å². The van der Waals surface area contributed by atoms with Crippen LogP contribution in [0.5, 0.6) is 0 Å². The summed E-state index contributed by atoms with van der Waals surface area (Å²) in [7, 11) is -3.46. The normalized spacial score (nSPS) is 23.0. The Balaban J connectivity index is 1.63. The molecule has 0 amide bonds. The summed E-state index contributed by atoms with van der Waals surface area (Å²) in [6, 6.07) is 4.57. The van der Waals surface area contributed by atoms with Gasteiger partial charge in [-0.15, -0.1) is 0 Å². The summed E-state index contributed by atoms with van der Waals surface area (Å²) in [6.45, 7) is 5.60. The summed E-state index contributed by atoms with van der Waals surface area (Å²) in [4.78, 5) is 3.08. The summed E-state index contributed by atoms with van der Waals surface area (Å²) in [5.74, 6) is 0.462. The number of nitrogens with zero attached hydrogens (tertiary/aromatic N) is 1. The largest absolute Gasteiger partial charge is 0.361 e. The van der Waals surface area contributed by atoms with E-state index >= 15 is 0 Å². The van der Waals surface area contributed by atoms with E-state index in [-0.39, 0.29) is 5.82 Å². The summed E-state index contributed by atoms with van der Waals surface area (Å²) in [5, 5.41) is 0.800. The Hall–Kier alpha value is -1.44. The van der Waals surface area contributed by atoms with Crippen molar-refractivity contribution in [3.63, 3.8) is 0 Å². The van der Waals surface area contributed by atoms with Crippen LogP contribution in [-0.2, 0) is 16.6 Å². The molecular formula is C17H24FN3O2S. The molecule has 0 bridgehead atoms. The van der Waals surface area contributed by atoms with Crippen LogP contribution >= 0.6 is 0 Å². The zero-order valence-electron chi connectivity index (χ0n) is 14.0. The van der Waals surface area contributed by atoms with E-state index in [1.54, 1.807) is 10.4 Å². The molecule has 2 aromatic rings. The van der Waals surface area contributed by atoms with Gasteiger partial charge in [0, 0.05) is 36.7 Å². The highest BCUT2D eigenvalue weighted by Gasteiger charge is 2.30. The van der Waals surface area contributed by atoms with E-state index in [1.807, 2.05) is 6.20 Å². The van der Waals surface area contributed by atoms with Gasteiger partial charge < -0.3 is 4.98 Å². The Kier molecular flexibility index (Phi) is 4.94. The number of aromatic nitrogens is 1. The lowest BCUT2D eigenvalue weighted by Gasteiger charge is -2.33. The van der Waals surface area contributed by atoms with Crippen molar-refractivity contribution in [2.75, 3.05) is 19.6 Å². The fraction of sp³-hybridized carbons (Fsp3) is 0.529. The standard InChI is InChI=1S/C17H24FN3O2S/c1-12-7-13(2)11-21(10-12)24(22,23)20-6-5-14-9-19-17-4-3-15(18)8-16(14)17/h3-4,8-9,12-13,19-20H,5-7,10-11H2,1-2H3/t12-,13-/m0/s1. The van der Waals surface area contributed by atoms with Crippen LogP contribution in [0.3, 0.4) is 0 Å². The number of piperidine rings is 1. The second kappa shape index (κ2) is 6.82. The van der Waals surface area contributed by atoms with Crippen molar-refractivity contribution in [1.82, 2.24) is 14.0 Å². The number of rotatable bonds is 5. The van der Waals surface area contributed by atoms with Crippen molar-refractivity contribution in [3.05, 3.63) is 35.8 Å². The minimum atomic E-state index is -3.46. The molecule has 1 aliphatic rings. The molecule has 0 unspecified atom stereocenters. The molecule has 1 aromatic heterocycles. The minimum Gasteiger partial charge on any atom is -0.361 e. The molecule has 1 saturated heterocycles. The van der Waals surface area contributed by atoms with Gasteiger partial charge >= 0.3 is 0 Å². The summed E-state index contributed by atoms with van der Waals surface area (Å²) in [5.41, 5.74) is 1.76. The number of hydrogen-bond donors (Lipinski definition) is 2. The molecule has 1 aliphatic heterocycles. The van der Waals surface area contributed by atoms with Gasteiger partial charge in [0.1, 0.15) is 5.82 Å². The highest BCUT2D eigenvalue weighted by molar-refractivity contribution is 7.87. The van der Waals surface area contributed by atoms with Crippen molar-refractivity contribution in [1.29, 1.82) is 0 Å². The highest BCUT2D eigenvalue weighted by Crippen LogP contribution is 2.23. The van der Waals surface area contributed by atoms with Crippen LogP contribution in [0.4, 0.5) is 4.39 Å². The van der Waals surface area contributed by atoms with Crippen molar-refractivity contribution in [2.45, 2.75) is 26.7 Å². The molecule has 7 heteroatoms. The second-order valence-corrected chi connectivity index (χ2v) is 8.67. The number of aromatic amines is 1. The van der Waals surface area contributed by atoms with Crippen molar-refractivity contribution in [3.8, 4) is 0 Å². The number of halogens is 1. The van der Waals surface area contributed by atoms with Gasteiger partial charge in [-0.25, -0.2) is 9.11 Å². The molecule has 0 aliphatic carbocycles. The van der Waals surface area contributed by atoms with Crippen molar-refractivity contribution in [2.24, 2.45) is 11.8 Å². The lowest BCUT2D eigenvalue weighted by molar-refractivity contribution is 0.220. The van der Waals surface area contributed by atoms with Gasteiger partial charge in [0.05, 0.1) is 0 Å². The molecule has 3 rings (SSSR count). The van der Waals surface area contributed by atoms with E-state index in [1.165, 1.54) is 12.1 Å². The van der Waals surface area contributed by atoms with E-state index in [2.05, 4.69) is 23.6 Å². The van der Waals surface area contributed by atoms with Crippen molar-refractivity contribution >= 4 is 21.1 Å². The molecule has 24 heavy (non-hydrogen) atoms. The summed E-state index contributed by atoms with van der Waals surface area (Å²) in [6.07, 6.45) is 3.39. The van der Waals surface area contributed by atoms with Crippen LogP contribution < -0.4 is 4.72 Å². The zero-order chi connectivity index (χ0) is 17.3. The molecule has 132 valence electrons. The van der Waals surface area contributed by atoms with E-state index in [0.717, 1.165) is 22.9 Å². The number of hydrogen-bond acceptors (Lipinski definition) is 2. The molecule has 0 saturated carbocycles. The van der Waals surface area contributed by atoms with Crippen LogP contribution in [0, 0.1) is 17.7 Å². The van der Waals surface area contributed by atoms with E-state index in [4.69, 9.17) is 0 Å². The average Bonchev–Trinajstić information content (AvgIpc) is 2.88. The molecule has 0 spiro atoms. The third-order valence-corrected chi connectivity index (χ3v) is 6.13. The Bertz CT molecular complexity index is 808. The SMILES string of the molecule is C[C@H]1C[C@H](C)CN(S(=O)(=O)NCCc2c[nH]c3ccc(F)cc23)C1. The minimum absolute atomic E-state index is 0.291. The van der Waals surface area contributed by atoms with E-state index in [0.29, 0.717) is 37.9 Å². The predicted molar refractivity (Wildman–Crippen MR) is 93.4 cm³/mol. The maximum Gasteiger partial charge on any atom is 0.279 e. The number of H-pyrrole nitrogens is 1. The molecule has 2 atom stereocenters. The number of fused-ring (bicyclic) bond motifs is 1. The first kappa shape index (κ1) is 17.4. The zero-order valence-corrected chi connectivity index (χ0v) is 14.9. The van der Waals surface area contributed by atoms with Crippen LogP contribution in [0.1, 0.15) is 25.8 Å². The van der Waals surface area contributed by atoms with Crippen LogP contribution in [0.2, 0.25) is 0 Å². The Morgan fingerprint density at radius 2 is 2.00 bits per heavy atom. The predicted octanol–water partition coefficient (Wildman–Crippen LogP) is 2.66. The molecule has 1 aromatic carbocycles. The Labute approximate surface area is 142 Å². The lowest BCUT2D eigenvalue weighted by Crippen LogP contribution is -2.48. The van der Waals surface area contributed by atoms with Gasteiger partial charge in [0.2, 0.25) is 0 Å². The lowest BCUT2D eigenvalue weighted by atomic mass is 9.94. The Morgan fingerprint density at radius 3 is 2.71 bits per heavy atom. The van der Waals surface area contributed by atoms with E-state index in [9.17, 15) is 12.8 Å². The number of nitrogens with one attached hydrogen (secondary N) is 2. The van der Waals surface area contributed by atoms with Gasteiger partial charge in [-0.3, -0.25) is 0 Å². The van der Waals surface area contributed by atoms with Gasteiger partial charge in [-0.1, -0.05) is 13.8 Å². The van der Waals surface area contributed by atoms with E-state index < -0.39 is 10.2 Å². The smallest absolute Gasteiger partial charge is 0.279 e. The van der Waals surface area contributed by atoms with Crippen molar-refractivity contribution < 1.29 is 12.8 Å². The van der Waals surface area contributed by atoms with Crippen LogP contribution in [0.25, 0.3) is 10.9 Å². The highest BCUT2D eigenvalue weighted by atomic mass is 32.2. The first-order valence-corrected chi connectivity index (χ1v) is 9.79. The van der Waals surface area contributed by atoms with Gasteiger partial charge in [-0.2, -0.15) is 12.7 Å². The fourth-order valence-corrected chi connectivity index (χ4v) is 5.01. The van der Waals surface area contributed by atoms with Crippen LogP contribution in [0.15, 0.2) is 24.4 Å². The second-order valence-electron chi connectivity index (χ2n) is 6.92. The third-order valence-electron chi connectivity index (χ3n) is 4.58. The first-order chi connectivity index (χ1) is 11.3. The molecule has 1 fully saturated rings. The van der Waals surface area contributed by atoms with Gasteiger partial charge in [0.25, 0.3) is 10.2 Å². The molecule has 2 N–H and O–H groups in total. The molecular weight excluding hydrogens is 329 g/mol. The average molecular weight is 353 g/mol. The molecule has 5 nitrogen and oxygen atoms in total. The van der Waals surface area contributed by atoms with Gasteiger partial charge in [-0.05, 0) is 48.4 Å². The summed E-state index contributed by atoms with van der Waals surface area (Å²) < 4.78 is 42.5. The Morgan fingerprint density at radius 1 is 1.29 bits per heavy atom. The van der Waals surface area contributed by atoms with Crippen LogP contribution in [-0.4, -0.2) is 37.3 Å². The summed E-state index contributed by atoms with van der Waals surface area (Å²) >= 11 is 0. The molecule has 0 radical (unpaired) electrons. The maximum absolute atomic E-state index is 13.4. The van der Waals surface area contributed by atoms with Gasteiger partial charge in [0.15, 0.2) is 0 Å².